The Balaban J connectivity index is 0.00000242. The van der Waals surface area contributed by atoms with E-state index in [1.54, 1.807) is 12.1 Å². The minimum Gasteiger partial charge on any atom is -0.502 e. The fraction of sp³-hybridized carbons (Fsp3) is 0.429. The average molecular weight is 429 g/mol. The minimum absolute atomic E-state index is 0. The van der Waals surface area contributed by atoms with Crippen LogP contribution in [0.1, 0.15) is 18.0 Å². The van der Waals surface area contributed by atoms with Crippen LogP contribution >= 0.6 is 40.7 Å². The van der Waals surface area contributed by atoms with Crippen molar-refractivity contribution in [3.8, 4) is 5.75 Å². The summed E-state index contributed by atoms with van der Waals surface area (Å²) in [4.78, 5) is 12.7. The number of aromatic hydroxyl groups is 1. The monoisotopic (exact) mass is 427 g/mol. The normalized spacial score (nSPS) is 15.9. The van der Waals surface area contributed by atoms with Gasteiger partial charge in [-0.15, -0.1) is 31.4 Å². The molecule has 1 heterocycles. The van der Waals surface area contributed by atoms with E-state index in [-0.39, 0.29) is 42.3 Å². The van der Waals surface area contributed by atoms with Crippen molar-refractivity contribution >= 4 is 46.4 Å². The second-order valence-electron chi connectivity index (χ2n) is 4.95. The number of nitrogens with zero attached hydrogens (tertiary/aromatic N) is 2. The van der Waals surface area contributed by atoms with Gasteiger partial charge >= 0.3 is 5.69 Å². The van der Waals surface area contributed by atoms with Crippen molar-refractivity contribution in [1.82, 2.24) is 10.2 Å². The number of nitro groups is 1. The lowest BCUT2D eigenvalue weighted by Gasteiger charge is -2.35. The van der Waals surface area contributed by atoms with Gasteiger partial charge in [-0.1, -0.05) is 22.0 Å². The molecule has 1 atom stereocenters. The number of nitro benzene ring substituents is 1. The van der Waals surface area contributed by atoms with E-state index < -0.39 is 4.92 Å². The number of rotatable bonds is 5. The number of hydrogen-bond acceptors (Lipinski definition) is 5. The highest BCUT2D eigenvalue weighted by Gasteiger charge is 2.28. The smallest absolute Gasteiger partial charge is 0.312 e. The van der Waals surface area contributed by atoms with E-state index in [0.717, 1.165) is 26.2 Å². The third-order valence-electron chi connectivity index (χ3n) is 3.62. The summed E-state index contributed by atoms with van der Waals surface area (Å²) >= 11 is 3.29. The number of piperazine rings is 1. The average Bonchev–Trinajstić information content (AvgIpc) is 2.47. The Hall–Kier alpha value is -0.860. The standard InChI is InChI=1S/C14H18BrN3O3.2ClH/c1-2-3-12(17-6-4-16-5-7-17)11-8-10(15)9-13(14(11)19)18(20)21;;/h2,8-9,12,16,19H,1,3-7H2;2*1H/t12-;;/m1../s1. The summed E-state index contributed by atoms with van der Waals surface area (Å²) in [6.45, 7) is 7.16. The zero-order valence-electron chi connectivity index (χ0n) is 12.4. The zero-order valence-corrected chi connectivity index (χ0v) is 15.6. The van der Waals surface area contributed by atoms with Crippen LogP contribution in [0.2, 0.25) is 0 Å². The maximum Gasteiger partial charge on any atom is 0.312 e. The molecule has 9 heteroatoms. The van der Waals surface area contributed by atoms with Crippen molar-refractivity contribution in [2.75, 3.05) is 26.2 Å². The van der Waals surface area contributed by atoms with Gasteiger partial charge in [0.1, 0.15) is 0 Å². The molecule has 6 nitrogen and oxygen atoms in total. The molecule has 0 unspecified atom stereocenters. The van der Waals surface area contributed by atoms with Gasteiger partial charge in [0.25, 0.3) is 0 Å². The van der Waals surface area contributed by atoms with Gasteiger partial charge in [0.15, 0.2) is 5.75 Å². The Kier molecular flexibility index (Phi) is 9.72. The fourth-order valence-electron chi connectivity index (χ4n) is 2.62. The Morgan fingerprint density at radius 1 is 1.43 bits per heavy atom. The number of phenols is 1. The molecule has 1 aromatic carbocycles. The van der Waals surface area contributed by atoms with Gasteiger partial charge in [0.2, 0.25) is 0 Å². The Bertz CT molecular complexity index is 554. The molecule has 23 heavy (non-hydrogen) atoms. The summed E-state index contributed by atoms with van der Waals surface area (Å²) in [6, 6.07) is 2.96. The van der Waals surface area contributed by atoms with E-state index in [1.165, 1.54) is 6.07 Å². The van der Waals surface area contributed by atoms with Crippen LogP contribution in [-0.2, 0) is 0 Å². The summed E-state index contributed by atoms with van der Waals surface area (Å²) in [5.41, 5.74) is 0.293. The number of phenolic OH excluding ortho intramolecular Hbond substituents is 1. The number of hydrogen-bond donors (Lipinski definition) is 2. The molecule has 130 valence electrons. The van der Waals surface area contributed by atoms with Crippen LogP contribution in [0.25, 0.3) is 0 Å². The predicted molar refractivity (Wildman–Crippen MR) is 99.0 cm³/mol. The van der Waals surface area contributed by atoms with Gasteiger partial charge in [-0.2, -0.15) is 0 Å². The van der Waals surface area contributed by atoms with Crippen LogP contribution < -0.4 is 5.32 Å². The van der Waals surface area contributed by atoms with Crippen LogP contribution in [0.4, 0.5) is 5.69 Å². The van der Waals surface area contributed by atoms with E-state index in [4.69, 9.17) is 0 Å². The molecule has 1 aliphatic heterocycles. The third kappa shape index (κ3) is 5.32. The van der Waals surface area contributed by atoms with Gasteiger partial charge in [-0.25, -0.2) is 0 Å². The van der Waals surface area contributed by atoms with E-state index in [0.29, 0.717) is 16.5 Å². The summed E-state index contributed by atoms with van der Waals surface area (Å²) in [7, 11) is 0. The highest BCUT2D eigenvalue weighted by molar-refractivity contribution is 9.10. The van der Waals surface area contributed by atoms with Crippen LogP contribution in [0.3, 0.4) is 0 Å². The molecule has 2 N–H and O–H groups in total. The largest absolute Gasteiger partial charge is 0.502 e. The van der Waals surface area contributed by atoms with Crippen LogP contribution in [-0.4, -0.2) is 41.1 Å². The molecule has 1 aliphatic rings. The molecular formula is C14H20BrCl2N3O3. The van der Waals surface area contributed by atoms with E-state index >= 15 is 0 Å². The van der Waals surface area contributed by atoms with Gasteiger partial charge in [0, 0.05) is 48.3 Å². The maximum atomic E-state index is 11.1. The lowest BCUT2D eigenvalue weighted by molar-refractivity contribution is -0.386. The van der Waals surface area contributed by atoms with Crippen molar-refractivity contribution in [2.45, 2.75) is 12.5 Å². The van der Waals surface area contributed by atoms with Gasteiger partial charge < -0.3 is 10.4 Å². The topological polar surface area (TPSA) is 78.6 Å². The molecule has 0 aliphatic carbocycles. The zero-order chi connectivity index (χ0) is 15.4. The predicted octanol–water partition coefficient (Wildman–Crippen LogP) is 3.43. The molecule has 1 aromatic rings. The molecule has 1 saturated heterocycles. The summed E-state index contributed by atoms with van der Waals surface area (Å²) in [5, 5.41) is 24.6. The number of benzene rings is 1. The van der Waals surface area contributed by atoms with Crippen molar-refractivity contribution in [3.63, 3.8) is 0 Å². The SMILES string of the molecule is C=CC[C@H](c1cc(Br)cc([N+](=O)[O-])c1O)N1CCNCC1.Cl.Cl. The van der Waals surface area contributed by atoms with Gasteiger partial charge in [-0.3, -0.25) is 15.0 Å². The fourth-order valence-corrected chi connectivity index (χ4v) is 3.09. The molecule has 0 bridgehead atoms. The first-order valence-corrected chi connectivity index (χ1v) is 7.56. The van der Waals surface area contributed by atoms with E-state index in [1.807, 2.05) is 0 Å². The first kappa shape index (κ1) is 22.1. The Morgan fingerprint density at radius 3 is 2.57 bits per heavy atom. The first-order chi connectivity index (χ1) is 10.0. The Morgan fingerprint density at radius 2 is 2.04 bits per heavy atom. The van der Waals surface area contributed by atoms with Crippen LogP contribution in [0, 0.1) is 10.1 Å². The van der Waals surface area contributed by atoms with E-state index in [9.17, 15) is 15.2 Å². The second kappa shape index (κ2) is 10.1. The molecule has 0 amide bonds. The summed E-state index contributed by atoms with van der Waals surface area (Å²) in [6.07, 6.45) is 2.40. The molecule has 0 spiro atoms. The minimum atomic E-state index is -0.563. The molecule has 0 radical (unpaired) electrons. The van der Waals surface area contributed by atoms with Crippen LogP contribution in [0.5, 0.6) is 5.75 Å². The van der Waals surface area contributed by atoms with Crippen molar-refractivity contribution in [1.29, 1.82) is 0 Å². The highest BCUT2D eigenvalue weighted by Crippen LogP contribution is 2.40. The van der Waals surface area contributed by atoms with Crippen molar-refractivity contribution < 1.29 is 10.0 Å². The third-order valence-corrected chi connectivity index (χ3v) is 4.08. The number of halogens is 3. The van der Waals surface area contributed by atoms with E-state index in [2.05, 4.69) is 32.7 Å². The van der Waals surface area contributed by atoms with Crippen molar-refractivity contribution in [3.05, 3.63) is 44.9 Å². The highest BCUT2D eigenvalue weighted by atomic mass is 79.9. The van der Waals surface area contributed by atoms with Gasteiger partial charge in [0.05, 0.1) is 4.92 Å². The van der Waals surface area contributed by atoms with Crippen LogP contribution in [0.15, 0.2) is 29.3 Å². The summed E-state index contributed by atoms with van der Waals surface area (Å²) < 4.78 is 0.589. The first-order valence-electron chi connectivity index (χ1n) is 6.77. The lowest BCUT2D eigenvalue weighted by atomic mass is 9.99. The van der Waals surface area contributed by atoms with Gasteiger partial charge in [-0.05, 0) is 12.5 Å². The molecule has 0 aromatic heterocycles. The quantitative estimate of drug-likeness (QED) is 0.426. The second-order valence-corrected chi connectivity index (χ2v) is 5.86. The molecule has 1 fully saturated rings. The number of nitrogens with one attached hydrogen (secondary N) is 1. The lowest BCUT2D eigenvalue weighted by Crippen LogP contribution is -2.45. The molecular weight excluding hydrogens is 409 g/mol. The molecule has 0 saturated carbocycles. The Labute approximate surface area is 156 Å². The van der Waals surface area contributed by atoms with Crippen molar-refractivity contribution in [2.24, 2.45) is 0 Å². The maximum absolute atomic E-state index is 11.1. The summed E-state index contributed by atoms with van der Waals surface area (Å²) in [5.74, 6) is -0.256. The molecule has 2 rings (SSSR count).